The number of halogens is 1. The highest BCUT2D eigenvalue weighted by Crippen LogP contribution is 2.42. The first-order valence-electron chi connectivity index (χ1n) is 6.92. The fourth-order valence-corrected chi connectivity index (χ4v) is 3.00. The molecule has 0 amide bonds. The van der Waals surface area contributed by atoms with Gasteiger partial charge < -0.3 is 14.9 Å². The van der Waals surface area contributed by atoms with Crippen molar-refractivity contribution in [2.24, 2.45) is 0 Å². The molecule has 2 N–H and O–H groups in total. The first kappa shape index (κ1) is 15.2. The summed E-state index contributed by atoms with van der Waals surface area (Å²) >= 11 is 0. The minimum Gasteiger partial charge on any atom is -0.486 e. The normalized spacial score (nSPS) is 24.4. The van der Waals surface area contributed by atoms with E-state index in [-0.39, 0.29) is 12.6 Å². The van der Waals surface area contributed by atoms with Gasteiger partial charge in [0.1, 0.15) is 23.3 Å². The molecule has 5 heteroatoms. The van der Waals surface area contributed by atoms with Gasteiger partial charge in [-0.05, 0) is 38.6 Å². The van der Waals surface area contributed by atoms with Crippen molar-refractivity contribution in [2.75, 3.05) is 19.7 Å². The number of benzene rings is 1. The average Bonchev–Trinajstić information content (AvgIpc) is 2.38. The summed E-state index contributed by atoms with van der Waals surface area (Å²) in [4.78, 5) is 1.96. The van der Waals surface area contributed by atoms with Crippen LogP contribution >= 0.6 is 0 Å². The van der Waals surface area contributed by atoms with Gasteiger partial charge in [0.2, 0.25) is 0 Å². The van der Waals surface area contributed by atoms with Crippen molar-refractivity contribution in [1.29, 1.82) is 0 Å². The summed E-state index contributed by atoms with van der Waals surface area (Å²) in [7, 11) is 0. The monoisotopic (exact) mass is 283 g/mol. The lowest BCUT2D eigenvalue weighted by molar-refractivity contribution is -0.0842. The Morgan fingerprint density at radius 3 is 2.70 bits per heavy atom. The molecule has 2 atom stereocenters. The van der Waals surface area contributed by atoms with Crippen molar-refractivity contribution in [2.45, 2.75) is 38.5 Å². The van der Waals surface area contributed by atoms with Crippen LogP contribution in [0.15, 0.2) is 18.2 Å². The van der Waals surface area contributed by atoms with E-state index >= 15 is 0 Å². The van der Waals surface area contributed by atoms with Crippen LogP contribution in [0.3, 0.4) is 0 Å². The third kappa shape index (κ3) is 2.66. The molecule has 0 saturated carbocycles. The van der Waals surface area contributed by atoms with Crippen LogP contribution < -0.4 is 4.74 Å². The van der Waals surface area contributed by atoms with Crippen molar-refractivity contribution in [3.8, 4) is 5.75 Å². The predicted molar refractivity (Wildman–Crippen MR) is 74.2 cm³/mol. The van der Waals surface area contributed by atoms with Crippen molar-refractivity contribution in [3.05, 3.63) is 29.6 Å². The van der Waals surface area contributed by atoms with Gasteiger partial charge in [-0.3, -0.25) is 4.90 Å². The molecule has 0 spiro atoms. The molecule has 4 nitrogen and oxygen atoms in total. The van der Waals surface area contributed by atoms with Crippen molar-refractivity contribution in [3.63, 3.8) is 0 Å². The number of hydrogen-bond donors (Lipinski definition) is 2. The first-order valence-corrected chi connectivity index (χ1v) is 6.92. The van der Waals surface area contributed by atoms with Gasteiger partial charge in [-0.1, -0.05) is 6.92 Å². The summed E-state index contributed by atoms with van der Waals surface area (Å²) in [6, 6.07) is 3.85. The van der Waals surface area contributed by atoms with E-state index in [0.29, 0.717) is 24.4 Å². The quantitative estimate of drug-likeness (QED) is 0.883. The van der Waals surface area contributed by atoms with Gasteiger partial charge in [-0.2, -0.15) is 0 Å². The highest BCUT2D eigenvalue weighted by atomic mass is 19.1. The van der Waals surface area contributed by atoms with Crippen LogP contribution in [0, 0.1) is 5.82 Å². The maximum absolute atomic E-state index is 13.4. The Bertz CT molecular complexity index is 478. The van der Waals surface area contributed by atoms with Gasteiger partial charge in [0, 0.05) is 12.1 Å². The fourth-order valence-electron chi connectivity index (χ4n) is 3.00. The van der Waals surface area contributed by atoms with Crippen LogP contribution in [0.25, 0.3) is 0 Å². The molecular formula is C15H22FNO3. The van der Waals surface area contributed by atoms with E-state index in [2.05, 4.69) is 0 Å². The summed E-state index contributed by atoms with van der Waals surface area (Å²) in [5, 5.41) is 19.8. The summed E-state index contributed by atoms with van der Waals surface area (Å²) in [6.45, 7) is 6.86. The molecule has 0 saturated heterocycles. The molecule has 1 aromatic carbocycles. The Kier molecular flexibility index (Phi) is 4.32. The molecule has 0 aliphatic carbocycles. The van der Waals surface area contributed by atoms with Crippen molar-refractivity contribution in [1.82, 2.24) is 4.90 Å². The van der Waals surface area contributed by atoms with Crippen molar-refractivity contribution < 1.29 is 19.3 Å². The first-order chi connectivity index (χ1) is 9.40. The molecule has 1 heterocycles. The number of ether oxygens (including phenoxy) is 1. The average molecular weight is 283 g/mol. The number of hydrogen-bond acceptors (Lipinski definition) is 4. The van der Waals surface area contributed by atoms with E-state index in [9.17, 15) is 14.6 Å². The lowest BCUT2D eigenvalue weighted by Crippen LogP contribution is -2.58. The molecule has 20 heavy (non-hydrogen) atoms. The summed E-state index contributed by atoms with van der Waals surface area (Å²) in [6.07, 6.45) is -0.851. The smallest absolute Gasteiger partial charge is 0.126 e. The lowest BCUT2D eigenvalue weighted by Gasteiger charge is -2.47. The summed E-state index contributed by atoms with van der Waals surface area (Å²) in [5.41, 5.74) is -0.166. The highest BCUT2D eigenvalue weighted by Gasteiger charge is 2.45. The molecule has 0 bridgehead atoms. The minimum absolute atomic E-state index is 0.00312. The zero-order valence-corrected chi connectivity index (χ0v) is 12.1. The molecule has 0 radical (unpaired) electrons. The van der Waals surface area contributed by atoms with Crippen LogP contribution in [0.5, 0.6) is 5.75 Å². The Balaban J connectivity index is 2.42. The molecule has 2 rings (SSSR count). The van der Waals surface area contributed by atoms with Crippen LogP contribution in [0.4, 0.5) is 4.39 Å². The predicted octanol–water partition coefficient (Wildman–Crippen LogP) is 1.71. The van der Waals surface area contributed by atoms with Crippen molar-refractivity contribution >= 4 is 0 Å². The molecule has 0 aromatic heterocycles. The van der Waals surface area contributed by atoms with E-state index in [1.54, 1.807) is 6.07 Å². The van der Waals surface area contributed by atoms with Gasteiger partial charge in [0.05, 0.1) is 12.6 Å². The molecular weight excluding hydrogens is 261 g/mol. The Hall–Kier alpha value is -1.17. The molecule has 1 aliphatic rings. The van der Waals surface area contributed by atoms with Gasteiger partial charge in [0.15, 0.2) is 0 Å². The van der Waals surface area contributed by atoms with Gasteiger partial charge in [0.25, 0.3) is 0 Å². The Morgan fingerprint density at radius 2 is 2.10 bits per heavy atom. The van der Waals surface area contributed by atoms with E-state index < -0.39 is 17.5 Å². The van der Waals surface area contributed by atoms with Gasteiger partial charge in [-0.15, -0.1) is 0 Å². The maximum Gasteiger partial charge on any atom is 0.126 e. The van der Waals surface area contributed by atoms with Gasteiger partial charge >= 0.3 is 0 Å². The molecule has 1 aromatic rings. The van der Waals surface area contributed by atoms with E-state index in [1.165, 1.54) is 12.1 Å². The Morgan fingerprint density at radius 1 is 1.40 bits per heavy atom. The zero-order valence-electron chi connectivity index (χ0n) is 12.1. The van der Waals surface area contributed by atoms with Gasteiger partial charge in [-0.25, -0.2) is 4.39 Å². The number of nitrogens with zero attached hydrogens (tertiary/aromatic N) is 1. The number of aliphatic hydroxyl groups is 2. The Labute approximate surface area is 118 Å². The standard InChI is InChI=1S/C15H22FNO3/c1-4-17(7-8-18)14-13(19)11-9-10(16)5-6-12(11)20-15(14,2)3/h5-6,9,13-14,18-19H,4,7-8H2,1-3H3. The second-order valence-electron chi connectivity index (χ2n) is 5.63. The number of fused-ring (bicyclic) bond motifs is 1. The largest absolute Gasteiger partial charge is 0.486 e. The van der Waals surface area contributed by atoms with E-state index in [0.717, 1.165) is 0 Å². The third-order valence-corrected chi connectivity index (χ3v) is 3.86. The van der Waals surface area contributed by atoms with E-state index in [4.69, 9.17) is 4.74 Å². The molecule has 112 valence electrons. The second kappa shape index (κ2) is 5.68. The van der Waals surface area contributed by atoms with Crippen LogP contribution in [0.2, 0.25) is 0 Å². The van der Waals surface area contributed by atoms with Crippen LogP contribution in [0.1, 0.15) is 32.4 Å². The summed E-state index contributed by atoms with van der Waals surface area (Å²) in [5.74, 6) is 0.121. The fraction of sp³-hybridized carbons (Fsp3) is 0.600. The number of likely N-dealkylation sites (N-methyl/N-ethyl adjacent to an activating group) is 1. The molecule has 1 aliphatic heterocycles. The zero-order chi connectivity index (χ0) is 14.9. The number of rotatable bonds is 4. The van der Waals surface area contributed by atoms with Crippen LogP contribution in [-0.2, 0) is 0 Å². The van der Waals surface area contributed by atoms with E-state index in [1.807, 2.05) is 25.7 Å². The highest BCUT2D eigenvalue weighted by molar-refractivity contribution is 5.40. The lowest BCUT2D eigenvalue weighted by atomic mass is 9.85. The third-order valence-electron chi connectivity index (χ3n) is 3.86. The summed E-state index contributed by atoms with van der Waals surface area (Å²) < 4.78 is 19.3. The van der Waals surface area contributed by atoms with Crippen LogP contribution in [-0.4, -0.2) is 46.5 Å². The maximum atomic E-state index is 13.4. The topological polar surface area (TPSA) is 52.9 Å². The molecule has 2 unspecified atom stereocenters. The number of aliphatic hydroxyl groups excluding tert-OH is 2. The minimum atomic E-state index is -0.851. The second-order valence-corrected chi connectivity index (χ2v) is 5.63. The SMILES string of the molecule is CCN(CCO)C1C(O)c2cc(F)ccc2OC1(C)C. The molecule has 0 fully saturated rings.